The maximum Gasteiger partial charge on any atom is 0.416 e. The van der Waals surface area contributed by atoms with Crippen molar-refractivity contribution in [2.45, 2.75) is 19.1 Å². The molecule has 0 saturated carbocycles. The molecule has 2 amide bonds. The van der Waals surface area contributed by atoms with Crippen LogP contribution in [0.2, 0.25) is 0 Å². The first kappa shape index (κ1) is 16.9. The van der Waals surface area contributed by atoms with Crippen LogP contribution in [0.4, 0.5) is 18.0 Å². The molecular weight excluding hydrogens is 313 g/mol. The molecule has 1 heterocycles. The summed E-state index contributed by atoms with van der Waals surface area (Å²) in [5.41, 5.74) is 0.111. The van der Waals surface area contributed by atoms with Gasteiger partial charge in [0.15, 0.2) is 0 Å². The van der Waals surface area contributed by atoms with Crippen molar-refractivity contribution in [2.75, 3.05) is 14.2 Å². The fourth-order valence-electron chi connectivity index (χ4n) is 2.32. The van der Waals surface area contributed by atoms with Crippen LogP contribution >= 0.6 is 0 Å². The molecule has 0 unspecified atom stereocenters. The van der Waals surface area contributed by atoms with Crippen LogP contribution in [0.1, 0.15) is 24.1 Å². The van der Waals surface area contributed by atoms with Crippen molar-refractivity contribution in [3.8, 4) is 0 Å². The molecule has 0 spiro atoms. The molecule has 23 heavy (non-hydrogen) atoms. The topological polar surface area (TPSA) is 58.6 Å². The number of ether oxygens (including phenoxy) is 1. The lowest BCUT2D eigenvalue weighted by Crippen LogP contribution is -2.46. The molecule has 1 aromatic rings. The van der Waals surface area contributed by atoms with Crippen molar-refractivity contribution in [2.24, 2.45) is 0 Å². The third kappa shape index (κ3) is 3.15. The Morgan fingerprint density at radius 1 is 1.26 bits per heavy atom. The molecule has 124 valence electrons. The number of methoxy groups -OCH3 is 1. The van der Waals surface area contributed by atoms with Gasteiger partial charge in [-0.1, -0.05) is 12.1 Å². The minimum atomic E-state index is -4.45. The van der Waals surface area contributed by atoms with E-state index in [9.17, 15) is 22.8 Å². The summed E-state index contributed by atoms with van der Waals surface area (Å²) >= 11 is 0. The number of esters is 1. The van der Waals surface area contributed by atoms with Gasteiger partial charge in [0.25, 0.3) is 0 Å². The molecule has 0 radical (unpaired) electrons. The molecule has 1 aromatic carbocycles. The number of halogens is 3. The zero-order valence-electron chi connectivity index (χ0n) is 12.7. The predicted molar refractivity (Wildman–Crippen MR) is 75.2 cm³/mol. The first-order valence-corrected chi connectivity index (χ1v) is 6.67. The zero-order valence-corrected chi connectivity index (χ0v) is 12.7. The van der Waals surface area contributed by atoms with Gasteiger partial charge in [0.2, 0.25) is 0 Å². The molecule has 1 N–H and O–H groups in total. The van der Waals surface area contributed by atoms with E-state index < -0.39 is 29.8 Å². The average Bonchev–Trinajstić information content (AvgIpc) is 2.51. The van der Waals surface area contributed by atoms with E-state index in [1.54, 1.807) is 6.92 Å². The van der Waals surface area contributed by atoms with Crippen molar-refractivity contribution in [3.63, 3.8) is 0 Å². The van der Waals surface area contributed by atoms with E-state index in [2.05, 4.69) is 5.32 Å². The van der Waals surface area contributed by atoms with Crippen LogP contribution in [0.5, 0.6) is 0 Å². The maximum absolute atomic E-state index is 12.6. The average molecular weight is 328 g/mol. The van der Waals surface area contributed by atoms with E-state index in [1.165, 1.54) is 31.2 Å². The monoisotopic (exact) mass is 328 g/mol. The van der Waals surface area contributed by atoms with Gasteiger partial charge in [0.05, 0.1) is 24.3 Å². The van der Waals surface area contributed by atoms with Crippen molar-refractivity contribution in [1.29, 1.82) is 0 Å². The summed E-state index contributed by atoms with van der Waals surface area (Å²) in [6.07, 6.45) is -4.45. The quantitative estimate of drug-likeness (QED) is 0.849. The Morgan fingerprint density at radius 3 is 2.30 bits per heavy atom. The second-order valence-electron chi connectivity index (χ2n) is 5.05. The van der Waals surface area contributed by atoms with Gasteiger partial charge in [-0.15, -0.1) is 0 Å². The van der Waals surface area contributed by atoms with Gasteiger partial charge in [-0.05, 0) is 24.6 Å². The summed E-state index contributed by atoms with van der Waals surface area (Å²) in [6, 6.07) is 2.95. The molecule has 5 nitrogen and oxygen atoms in total. The molecule has 0 fully saturated rings. The lowest BCUT2D eigenvalue weighted by Gasteiger charge is -2.33. The zero-order chi connectivity index (χ0) is 17.4. The Kier molecular flexibility index (Phi) is 4.35. The molecule has 1 aliphatic rings. The lowest BCUT2D eigenvalue weighted by molar-refractivity contribution is -0.138. The first-order valence-electron chi connectivity index (χ1n) is 6.67. The van der Waals surface area contributed by atoms with Gasteiger partial charge in [-0.3, -0.25) is 0 Å². The second-order valence-corrected chi connectivity index (χ2v) is 5.05. The Hall–Kier alpha value is -2.51. The molecule has 1 aliphatic heterocycles. The highest BCUT2D eigenvalue weighted by Crippen LogP contribution is 2.33. The first-order chi connectivity index (χ1) is 10.7. The van der Waals surface area contributed by atoms with E-state index >= 15 is 0 Å². The number of nitrogens with zero attached hydrogens (tertiary/aromatic N) is 1. The third-order valence-corrected chi connectivity index (χ3v) is 3.73. The van der Waals surface area contributed by atoms with Crippen molar-refractivity contribution < 1.29 is 27.5 Å². The van der Waals surface area contributed by atoms with Crippen LogP contribution < -0.4 is 5.32 Å². The summed E-state index contributed by atoms with van der Waals surface area (Å²) < 4.78 is 42.6. The predicted octanol–water partition coefficient (Wildman–Crippen LogP) is 2.85. The van der Waals surface area contributed by atoms with E-state index in [1.807, 2.05) is 0 Å². The van der Waals surface area contributed by atoms with Gasteiger partial charge < -0.3 is 15.0 Å². The number of benzene rings is 1. The van der Waals surface area contributed by atoms with Crippen LogP contribution in [-0.2, 0) is 15.7 Å². The van der Waals surface area contributed by atoms with Crippen molar-refractivity contribution in [1.82, 2.24) is 10.2 Å². The normalized spacial score (nSPS) is 18.8. The summed E-state index contributed by atoms with van der Waals surface area (Å²) in [6.45, 7) is 1.57. The molecule has 8 heteroatoms. The smallest absolute Gasteiger partial charge is 0.416 e. The Morgan fingerprint density at radius 2 is 1.83 bits per heavy atom. The Labute approximate surface area is 130 Å². The number of allylic oxidation sites excluding steroid dienone is 1. The highest BCUT2D eigenvalue weighted by Gasteiger charge is 2.35. The van der Waals surface area contributed by atoms with Gasteiger partial charge in [-0.2, -0.15) is 13.2 Å². The molecule has 1 atom stereocenters. The molecule has 0 aliphatic carbocycles. The van der Waals surface area contributed by atoms with Crippen molar-refractivity contribution in [3.05, 3.63) is 46.7 Å². The number of nitrogens with one attached hydrogen (secondary N) is 1. The number of carbonyl (C=O) groups is 2. The second kappa shape index (κ2) is 5.94. The minimum absolute atomic E-state index is 0.175. The highest BCUT2D eigenvalue weighted by atomic mass is 19.4. The summed E-state index contributed by atoms with van der Waals surface area (Å²) in [5.74, 6) is -0.653. The van der Waals surface area contributed by atoms with E-state index in [4.69, 9.17) is 4.74 Å². The number of hydrogen-bond donors (Lipinski definition) is 1. The number of carbonyl (C=O) groups excluding carboxylic acids is 2. The van der Waals surface area contributed by atoms with E-state index in [0.29, 0.717) is 11.3 Å². The summed E-state index contributed by atoms with van der Waals surface area (Å²) in [5, 5.41) is 2.58. The van der Waals surface area contributed by atoms with Gasteiger partial charge >= 0.3 is 18.2 Å². The standard InChI is InChI=1S/C15H15F3N2O3/c1-8-11(13(21)23-3)12(19-14(22)20(8)2)9-4-6-10(7-5-9)15(16,17)18/h4-7,12H,1-3H3,(H,19,22)/t12-/m1/s1. The maximum atomic E-state index is 12.6. The fraction of sp³-hybridized carbons (Fsp3) is 0.333. The lowest BCUT2D eigenvalue weighted by atomic mass is 9.94. The highest BCUT2D eigenvalue weighted by molar-refractivity contribution is 5.94. The third-order valence-electron chi connectivity index (χ3n) is 3.73. The van der Waals surface area contributed by atoms with Gasteiger partial charge in [-0.25, -0.2) is 9.59 Å². The SMILES string of the molecule is COC(=O)C1=C(C)N(C)C(=O)N[C@@H]1c1ccc(C(F)(F)F)cc1. The number of rotatable bonds is 2. The van der Waals surface area contributed by atoms with Crippen LogP contribution in [0, 0.1) is 0 Å². The number of amides is 2. The van der Waals surface area contributed by atoms with Gasteiger partial charge in [0, 0.05) is 12.7 Å². The molecule has 0 saturated heterocycles. The van der Waals surface area contributed by atoms with Crippen molar-refractivity contribution >= 4 is 12.0 Å². The molecule has 0 bridgehead atoms. The van der Waals surface area contributed by atoms with E-state index in [0.717, 1.165) is 12.1 Å². The number of hydrogen-bond acceptors (Lipinski definition) is 3. The number of urea groups is 1. The van der Waals surface area contributed by atoms with Gasteiger partial charge in [0.1, 0.15) is 0 Å². The largest absolute Gasteiger partial charge is 0.466 e. The Bertz CT molecular complexity index is 666. The fourth-order valence-corrected chi connectivity index (χ4v) is 2.32. The molecule has 0 aromatic heterocycles. The number of alkyl halides is 3. The molecule has 2 rings (SSSR count). The summed E-state index contributed by atoms with van der Waals surface area (Å²) in [7, 11) is 2.68. The van der Waals surface area contributed by atoms with Crippen LogP contribution in [0.3, 0.4) is 0 Å². The summed E-state index contributed by atoms with van der Waals surface area (Å²) in [4.78, 5) is 25.2. The van der Waals surface area contributed by atoms with Crippen LogP contribution in [0.15, 0.2) is 35.5 Å². The van der Waals surface area contributed by atoms with Crippen LogP contribution in [0.25, 0.3) is 0 Å². The molecular formula is C15H15F3N2O3. The Balaban J connectivity index is 2.47. The van der Waals surface area contributed by atoms with Crippen LogP contribution in [-0.4, -0.2) is 31.1 Å². The minimum Gasteiger partial charge on any atom is -0.466 e. The van der Waals surface area contributed by atoms with E-state index in [-0.39, 0.29) is 5.57 Å².